The second-order valence-electron chi connectivity index (χ2n) is 17.6. The van der Waals surface area contributed by atoms with Crippen LogP contribution in [0.15, 0.2) is 46.8 Å². The van der Waals surface area contributed by atoms with Crippen LogP contribution in [0, 0.1) is 10.8 Å². The van der Waals surface area contributed by atoms with Crippen molar-refractivity contribution in [2.45, 2.75) is 87.4 Å². The van der Waals surface area contributed by atoms with Gasteiger partial charge in [0.05, 0.1) is 61.8 Å². The Bertz CT molecular complexity index is 2300. The number of fused-ring (bicyclic) bond motifs is 2. The molecule has 2 aromatic carbocycles. The highest BCUT2D eigenvalue weighted by Gasteiger charge is 2.69. The number of phenolic OH excluding ortho intramolecular Hbond substituents is 3. The molecule has 6 N–H and O–H groups in total. The molecule has 6 heterocycles. The number of carbonyl (C=O) groups is 2. The highest BCUT2D eigenvalue weighted by atomic mass is 16.5. The van der Waals surface area contributed by atoms with Gasteiger partial charge in [-0.1, -0.05) is 13.0 Å². The Morgan fingerprint density at radius 3 is 2.15 bits per heavy atom. The van der Waals surface area contributed by atoms with E-state index in [-0.39, 0.29) is 41.7 Å². The van der Waals surface area contributed by atoms with Crippen molar-refractivity contribution in [3.63, 3.8) is 0 Å². The summed E-state index contributed by atoms with van der Waals surface area (Å²) in [5.41, 5.74) is 2.35. The molecule has 7 unspecified atom stereocenters. The number of hydrogen-bond acceptors (Lipinski definition) is 15. The lowest BCUT2D eigenvalue weighted by atomic mass is 9.53. The van der Waals surface area contributed by atoms with Gasteiger partial charge in [0.1, 0.15) is 0 Å². The van der Waals surface area contributed by atoms with Crippen LogP contribution in [0.25, 0.3) is 0 Å². The van der Waals surface area contributed by atoms with Crippen molar-refractivity contribution in [2.24, 2.45) is 10.8 Å². The quantitative estimate of drug-likeness (QED) is 0.0898. The third kappa shape index (κ3) is 4.58. The van der Waals surface area contributed by atoms with E-state index >= 15 is 0 Å². The van der Waals surface area contributed by atoms with Crippen molar-refractivity contribution in [3.8, 4) is 34.5 Å². The summed E-state index contributed by atoms with van der Waals surface area (Å²) in [7, 11) is 5.73. The summed E-state index contributed by atoms with van der Waals surface area (Å²) in [5.74, 6) is -1.15. The highest BCUT2D eigenvalue weighted by molar-refractivity contribution is 5.96. The number of aliphatic hydroxyl groups excluding tert-OH is 1. The number of anilines is 2. The topological polar surface area (TPSA) is 192 Å². The number of carbonyl (C=O) groups excluding carboxylic acids is 2. The lowest BCUT2D eigenvalue weighted by Gasteiger charge is -2.56. The van der Waals surface area contributed by atoms with Crippen molar-refractivity contribution in [3.05, 3.63) is 58.0 Å². The summed E-state index contributed by atoms with van der Waals surface area (Å²) >= 11 is 0. The van der Waals surface area contributed by atoms with E-state index < -0.39 is 45.6 Å². The van der Waals surface area contributed by atoms with E-state index in [9.17, 15) is 30.0 Å². The van der Waals surface area contributed by atoms with Crippen molar-refractivity contribution >= 4 is 23.3 Å². The molecule has 15 heteroatoms. The molecular formula is C44H52N4O11. The number of aliphatic hydroxyl groups is 1. The fourth-order valence-corrected chi connectivity index (χ4v) is 13.5. The summed E-state index contributed by atoms with van der Waals surface area (Å²) in [6, 6.07) is 3.18. The first-order valence-electron chi connectivity index (χ1n) is 20.7. The molecule has 0 bridgehead atoms. The monoisotopic (exact) mass is 812 g/mol. The zero-order valence-corrected chi connectivity index (χ0v) is 34.1. The summed E-state index contributed by atoms with van der Waals surface area (Å²) in [5, 5.41) is 52.4. The number of nitrogens with one attached hydrogen (secondary N) is 2. The summed E-state index contributed by atoms with van der Waals surface area (Å²) in [6.07, 6.45) is 8.38. The first kappa shape index (κ1) is 38.1. The minimum Gasteiger partial charge on any atom is -0.504 e. The minimum atomic E-state index is -0.822. The molecule has 2 aliphatic carbocycles. The number of benzene rings is 2. The molecule has 8 aliphatic rings. The van der Waals surface area contributed by atoms with Crippen LogP contribution in [0.4, 0.5) is 11.4 Å². The number of methoxy groups -OCH3 is 4. The fourth-order valence-electron chi connectivity index (χ4n) is 13.5. The summed E-state index contributed by atoms with van der Waals surface area (Å²) in [4.78, 5) is 32.0. The minimum absolute atomic E-state index is 0.0244. The average molecular weight is 813 g/mol. The van der Waals surface area contributed by atoms with Crippen LogP contribution >= 0.6 is 0 Å². The number of ether oxygens (including phenoxy) is 5. The number of rotatable bonds is 9. The molecule has 314 valence electrons. The van der Waals surface area contributed by atoms with Crippen LogP contribution in [0.5, 0.6) is 34.5 Å². The van der Waals surface area contributed by atoms with Crippen molar-refractivity contribution in [2.75, 3.05) is 65.3 Å². The van der Waals surface area contributed by atoms with Crippen molar-refractivity contribution < 1.29 is 53.7 Å². The largest absolute Gasteiger partial charge is 0.504 e. The Hall–Kier alpha value is -5.12. The zero-order chi connectivity index (χ0) is 41.4. The van der Waals surface area contributed by atoms with Crippen LogP contribution in [0.3, 0.4) is 0 Å². The van der Waals surface area contributed by atoms with Gasteiger partial charge in [-0.3, -0.25) is 9.80 Å². The van der Waals surface area contributed by atoms with Gasteiger partial charge in [-0.15, -0.1) is 0 Å². The molecule has 59 heavy (non-hydrogen) atoms. The Labute approximate surface area is 342 Å². The van der Waals surface area contributed by atoms with Crippen LogP contribution < -0.4 is 24.8 Å². The Morgan fingerprint density at radius 1 is 0.814 bits per heavy atom. The average Bonchev–Trinajstić information content (AvgIpc) is 4.02. The van der Waals surface area contributed by atoms with E-state index in [1.807, 2.05) is 12.1 Å². The molecule has 6 aliphatic heterocycles. The maximum absolute atomic E-state index is 13.7. The van der Waals surface area contributed by atoms with E-state index in [4.69, 9.17) is 23.7 Å². The molecule has 15 nitrogen and oxygen atoms in total. The molecular weight excluding hydrogens is 761 g/mol. The van der Waals surface area contributed by atoms with Crippen LogP contribution in [-0.4, -0.2) is 115 Å². The van der Waals surface area contributed by atoms with Crippen LogP contribution in [0.1, 0.15) is 69.4 Å². The molecule has 2 spiro atoms. The molecule has 3 fully saturated rings. The summed E-state index contributed by atoms with van der Waals surface area (Å²) < 4.78 is 29.0. The lowest BCUT2D eigenvalue weighted by Crippen LogP contribution is -2.61. The Morgan fingerprint density at radius 2 is 1.47 bits per heavy atom. The van der Waals surface area contributed by atoms with Gasteiger partial charge >= 0.3 is 11.9 Å². The van der Waals surface area contributed by atoms with E-state index in [1.54, 1.807) is 6.07 Å². The third-order valence-electron chi connectivity index (χ3n) is 15.6. The first-order valence-corrected chi connectivity index (χ1v) is 20.7. The van der Waals surface area contributed by atoms with E-state index in [0.717, 1.165) is 37.1 Å². The maximum Gasteiger partial charge on any atom is 0.335 e. The van der Waals surface area contributed by atoms with E-state index in [1.165, 1.54) is 28.4 Å². The normalized spacial score (nSPS) is 33.2. The smallest absolute Gasteiger partial charge is 0.335 e. The van der Waals surface area contributed by atoms with Gasteiger partial charge in [-0.05, 0) is 99.2 Å². The van der Waals surface area contributed by atoms with Gasteiger partial charge in [-0.25, -0.2) is 9.59 Å². The van der Waals surface area contributed by atoms with E-state index in [0.29, 0.717) is 84.7 Å². The molecule has 0 radical (unpaired) electrons. The lowest BCUT2D eigenvalue weighted by molar-refractivity contribution is -0.138. The first-order chi connectivity index (χ1) is 28.4. The number of piperidine rings is 1. The molecule has 0 amide bonds. The predicted molar refractivity (Wildman–Crippen MR) is 214 cm³/mol. The van der Waals surface area contributed by atoms with Gasteiger partial charge < -0.3 is 54.7 Å². The van der Waals surface area contributed by atoms with Gasteiger partial charge in [0.2, 0.25) is 11.5 Å². The van der Waals surface area contributed by atoms with Crippen molar-refractivity contribution in [1.82, 2.24) is 9.80 Å². The standard InChI is InChI=1S/C44H52N4O11/c1-6-41-10-8-28(48-16-12-44(40(41)48)24-18-26(50)33(55-2)34(56-3)30(24)46-36(44)22(20-41)37(53)57-4)59-27-19-25-29(32(52)31(27)51)45-35-23(38(54)58-5)21-42(13-17-49)9-7-14-47-15-11-43(25,35)39(42)47/h8,10,18-19,28,39-40,45-46,49-52H,6-7,9,11-17,20-21H2,1-5H3. The van der Waals surface area contributed by atoms with Crippen molar-refractivity contribution in [1.29, 1.82) is 0 Å². The zero-order valence-electron chi connectivity index (χ0n) is 34.1. The third-order valence-corrected chi connectivity index (χ3v) is 15.6. The molecule has 3 saturated heterocycles. The fraction of sp³-hybridized carbons (Fsp3) is 0.545. The maximum atomic E-state index is 13.7. The molecule has 10 rings (SSSR count). The Kier molecular flexibility index (Phi) is 8.36. The summed E-state index contributed by atoms with van der Waals surface area (Å²) in [6.45, 7) is 4.25. The molecule has 0 aromatic heterocycles. The van der Waals surface area contributed by atoms with Crippen LogP contribution in [-0.2, 0) is 29.9 Å². The number of esters is 2. The SMILES string of the molecule is CCC12C=CC(Oc3cc4c(c(O)c3O)NC3=C(C(=O)OC)CC5(CCO)CCCN6CCC34C65)N3CCC4(C(=C(C(=O)OC)C1)Nc1c4cc(O)c(OC)c1OC)C32. The number of nitrogens with zero attached hydrogens (tertiary/aromatic N) is 2. The second-order valence-corrected chi connectivity index (χ2v) is 17.6. The van der Waals surface area contributed by atoms with E-state index in [2.05, 4.69) is 33.4 Å². The molecule has 0 saturated carbocycles. The van der Waals surface area contributed by atoms with Gasteiger partial charge in [0.25, 0.3) is 0 Å². The number of aromatic hydroxyl groups is 3. The predicted octanol–water partition coefficient (Wildman–Crippen LogP) is 4.49. The van der Waals surface area contributed by atoms with Gasteiger partial charge in [-0.2, -0.15) is 0 Å². The Balaban J connectivity index is 1.11. The van der Waals surface area contributed by atoms with Gasteiger partial charge in [0, 0.05) is 42.0 Å². The number of phenols is 3. The molecule has 7 atom stereocenters. The second kappa shape index (κ2) is 12.9. The van der Waals surface area contributed by atoms with Crippen LogP contribution in [0.2, 0.25) is 0 Å². The van der Waals surface area contributed by atoms with Gasteiger partial charge in [0.15, 0.2) is 29.2 Å². The highest BCUT2D eigenvalue weighted by Crippen LogP contribution is 2.70. The number of hydrogen-bond donors (Lipinski definition) is 6. The molecule has 2 aromatic rings.